The Bertz CT molecular complexity index is 436. The predicted molar refractivity (Wildman–Crippen MR) is 75.9 cm³/mol. The van der Waals surface area contributed by atoms with Crippen molar-refractivity contribution < 1.29 is 14.3 Å². The summed E-state index contributed by atoms with van der Waals surface area (Å²) in [6.07, 6.45) is 6.23. The molecule has 4 nitrogen and oxygen atoms in total. The van der Waals surface area contributed by atoms with Crippen LogP contribution in [-0.2, 0) is 0 Å². The molecule has 0 spiro atoms. The largest absolute Gasteiger partial charge is 0.457 e. The molecule has 0 aromatic carbocycles. The van der Waals surface area contributed by atoms with Crippen molar-refractivity contribution in [3.63, 3.8) is 0 Å². The number of hydrogen-bond donors (Lipinski definition) is 2. The fourth-order valence-electron chi connectivity index (χ4n) is 2.60. The number of amides is 1. The fourth-order valence-corrected chi connectivity index (χ4v) is 3.02. The molecule has 1 aromatic rings. The topological polar surface area (TPSA) is 62.5 Å². The maximum atomic E-state index is 11.9. The summed E-state index contributed by atoms with van der Waals surface area (Å²) in [5.41, 5.74) is -0.289. The van der Waals surface area contributed by atoms with Gasteiger partial charge in [0.25, 0.3) is 5.91 Å². The SMILES string of the molecule is CCC1CCC(O)(CNC(=O)c2ccoc2Br)CC1. The van der Waals surface area contributed by atoms with Gasteiger partial charge in [-0.3, -0.25) is 4.79 Å². The Kier molecular flexibility index (Phi) is 4.68. The summed E-state index contributed by atoms with van der Waals surface area (Å²) in [6, 6.07) is 1.61. The van der Waals surface area contributed by atoms with Crippen molar-refractivity contribution in [1.29, 1.82) is 0 Å². The lowest BCUT2D eigenvalue weighted by atomic mass is 9.78. The number of nitrogens with one attached hydrogen (secondary N) is 1. The molecular weight excluding hydrogens is 310 g/mol. The third-order valence-electron chi connectivity index (χ3n) is 4.05. The van der Waals surface area contributed by atoms with Gasteiger partial charge in [0.15, 0.2) is 4.67 Å². The molecule has 0 radical (unpaired) electrons. The highest BCUT2D eigenvalue weighted by atomic mass is 79.9. The van der Waals surface area contributed by atoms with E-state index in [1.165, 1.54) is 12.7 Å². The van der Waals surface area contributed by atoms with Crippen molar-refractivity contribution in [2.45, 2.75) is 44.6 Å². The quantitative estimate of drug-likeness (QED) is 0.892. The highest BCUT2D eigenvalue weighted by molar-refractivity contribution is 9.10. The molecule has 0 unspecified atom stereocenters. The number of carbonyl (C=O) groups excluding carboxylic acids is 1. The van der Waals surface area contributed by atoms with E-state index < -0.39 is 5.60 Å². The van der Waals surface area contributed by atoms with E-state index in [2.05, 4.69) is 28.2 Å². The molecule has 1 saturated carbocycles. The standard InChI is InChI=1S/C14H20BrNO3/c1-2-10-3-6-14(18,7-4-10)9-16-13(17)11-5-8-19-12(11)15/h5,8,10,18H,2-4,6-7,9H2,1H3,(H,16,17). The van der Waals surface area contributed by atoms with Crippen molar-refractivity contribution in [2.75, 3.05) is 6.54 Å². The zero-order chi connectivity index (χ0) is 13.9. The highest BCUT2D eigenvalue weighted by Gasteiger charge is 2.33. The Morgan fingerprint density at radius 1 is 1.58 bits per heavy atom. The van der Waals surface area contributed by atoms with E-state index in [9.17, 15) is 9.90 Å². The third-order valence-corrected chi connectivity index (χ3v) is 4.67. The van der Waals surface area contributed by atoms with Gasteiger partial charge in [-0.25, -0.2) is 0 Å². The molecule has 2 N–H and O–H groups in total. The molecule has 5 heteroatoms. The summed E-state index contributed by atoms with van der Waals surface area (Å²) in [4.78, 5) is 11.9. The minimum Gasteiger partial charge on any atom is -0.457 e. The summed E-state index contributed by atoms with van der Waals surface area (Å²) in [7, 11) is 0. The fraction of sp³-hybridized carbons (Fsp3) is 0.643. The summed E-state index contributed by atoms with van der Waals surface area (Å²) >= 11 is 3.17. The predicted octanol–water partition coefficient (Wildman–Crippen LogP) is 3.10. The van der Waals surface area contributed by atoms with Gasteiger partial charge in [0.05, 0.1) is 17.4 Å². The van der Waals surface area contributed by atoms with Gasteiger partial charge < -0.3 is 14.8 Å². The molecule has 0 atom stereocenters. The molecule has 0 aliphatic heterocycles. The summed E-state index contributed by atoms with van der Waals surface area (Å²) in [5.74, 6) is 0.505. The molecule has 0 bridgehead atoms. The van der Waals surface area contributed by atoms with Crippen LogP contribution in [0.4, 0.5) is 0 Å². The lowest BCUT2D eigenvalue weighted by molar-refractivity contribution is -0.00788. The molecule has 106 valence electrons. The molecule has 1 fully saturated rings. The smallest absolute Gasteiger partial charge is 0.255 e. The second kappa shape index (κ2) is 6.09. The van der Waals surface area contributed by atoms with Crippen LogP contribution in [0.5, 0.6) is 0 Å². The van der Waals surface area contributed by atoms with E-state index in [1.54, 1.807) is 6.07 Å². The summed E-state index contributed by atoms with van der Waals surface area (Å²) < 4.78 is 5.45. The molecule has 1 aromatic heterocycles. The lowest BCUT2D eigenvalue weighted by Gasteiger charge is -2.35. The minimum atomic E-state index is -0.752. The van der Waals surface area contributed by atoms with E-state index in [0.29, 0.717) is 16.8 Å². The van der Waals surface area contributed by atoms with Crippen LogP contribution in [-0.4, -0.2) is 23.2 Å². The van der Waals surface area contributed by atoms with Gasteiger partial charge in [0, 0.05) is 6.54 Å². The molecule has 1 aliphatic carbocycles. The van der Waals surface area contributed by atoms with Crippen molar-refractivity contribution in [3.8, 4) is 0 Å². The zero-order valence-electron chi connectivity index (χ0n) is 11.1. The van der Waals surface area contributed by atoms with Crippen LogP contribution >= 0.6 is 15.9 Å². The van der Waals surface area contributed by atoms with Crippen molar-refractivity contribution >= 4 is 21.8 Å². The first-order valence-electron chi connectivity index (χ1n) is 6.77. The minimum absolute atomic E-state index is 0.216. The maximum Gasteiger partial charge on any atom is 0.255 e. The van der Waals surface area contributed by atoms with Crippen LogP contribution < -0.4 is 5.32 Å². The van der Waals surface area contributed by atoms with Crippen LogP contribution in [0.15, 0.2) is 21.4 Å². The highest BCUT2D eigenvalue weighted by Crippen LogP contribution is 2.33. The first-order valence-corrected chi connectivity index (χ1v) is 7.57. The Morgan fingerprint density at radius 3 is 2.79 bits per heavy atom. The van der Waals surface area contributed by atoms with E-state index in [4.69, 9.17) is 4.42 Å². The van der Waals surface area contributed by atoms with Crippen LogP contribution in [0, 0.1) is 5.92 Å². The Labute approximate surface area is 121 Å². The molecule has 19 heavy (non-hydrogen) atoms. The molecule has 1 amide bonds. The van der Waals surface area contributed by atoms with Gasteiger partial charge in [0.2, 0.25) is 0 Å². The van der Waals surface area contributed by atoms with Crippen LogP contribution in [0.3, 0.4) is 0 Å². The average Bonchev–Trinajstić information content (AvgIpc) is 2.83. The Hall–Kier alpha value is -0.810. The van der Waals surface area contributed by atoms with Crippen molar-refractivity contribution in [1.82, 2.24) is 5.32 Å². The van der Waals surface area contributed by atoms with Crippen LogP contribution in [0.1, 0.15) is 49.4 Å². The van der Waals surface area contributed by atoms with Gasteiger partial charge in [0.1, 0.15) is 0 Å². The molecular formula is C14H20BrNO3. The van der Waals surface area contributed by atoms with Gasteiger partial charge in [-0.05, 0) is 53.6 Å². The molecule has 0 saturated heterocycles. The molecule has 1 heterocycles. The van der Waals surface area contributed by atoms with Gasteiger partial charge in [-0.2, -0.15) is 0 Å². The number of furan rings is 1. The second-order valence-corrected chi connectivity index (χ2v) is 6.09. The third kappa shape index (κ3) is 3.60. The average molecular weight is 330 g/mol. The van der Waals surface area contributed by atoms with Crippen molar-refractivity contribution in [3.05, 3.63) is 22.6 Å². The van der Waals surface area contributed by atoms with Crippen LogP contribution in [0.25, 0.3) is 0 Å². The van der Waals surface area contributed by atoms with Gasteiger partial charge in [-0.15, -0.1) is 0 Å². The monoisotopic (exact) mass is 329 g/mol. The maximum absolute atomic E-state index is 11.9. The second-order valence-electron chi connectivity index (χ2n) is 5.37. The zero-order valence-corrected chi connectivity index (χ0v) is 12.7. The summed E-state index contributed by atoms with van der Waals surface area (Å²) in [5, 5.41) is 13.2. The van der Waals surface area contributed by atoms with Crippen LogP contribution in [0.2, 0.25) is 0 Å². The van der Waals surface area contributed by atoms with E-state index in [0.717, 1.165) is 31.6 Å². The molecule has 1 aliphatic rings. The normalized spacial score (nSPS) is 27.2. The number of aliphatic hydroxyl groups is 1. The number of rotatable bonds is 4. The Morgan fingerprint density at radius 2 is 2.26 bits per heavy atom. The lowest BCUT2D eigenvalue weighted by Crippen LogP contribution is -2.45. The van der Waals surface area contributed by atoms with Crippen molar-refractivity contribution in [2.24, 2.45) is 5.92 Å². The number of halogens is 1. The van der Waals surface area contributed by atoms with E-state index >= 15 is 0 Å². The van der Waals surface area contributed by atoms with E-state index in [1.807, 2.05) is 0 Å². The first kappa shape index (κ1) is 14.6. The molecule has 2 rings (SSSR count). The summed E-state index contributed by atoms with van der Waals surface area (Å²) in [6.45, 7) is 2.49. The number of carbonyl (C=O) groups is 1. The van der Waals surface area contributed by atoms with Gasteiger partial charge in [-0.1, -0.05) is 13.3 Å². The van der Waals surface area contributed by atoms with E-state index in [-0.39, 0.29) is 5.91 Å². The first-order chi connectivity index (χ1) is 9.04. The number of hydrogen-bond acceptors (Lipinski definition) is 3. The Balaban J connectivity index is 1.85. The van der Waals surface area contributed by atoms with Gasteiger partial charge >= 0.3 is 0 Å².